The van der Waals surface area contributed by atoms with Crippen molar-refractivity contribution >= 4 is 0 Å². The molecule has 0 aromatic heterocycles. The van der Waals surface area contributed by atoms with Gasteiger partial charge in [0.1, 0.15) is 0 Å². The molecule has 116 valence electrons. The van der Waals surface area contributed by atoms with Crippen LogP contribution in [0.25, 0.3) is 0 Å². The molecular weight excluding hydrogens is 258 g/mol. The predicted molar refractivity (Wildman–Crippen MR) is 87.7 cm³/mol. The van der Waals surface area contributed by atoms with Gasteiger partial charge >= 0.3 is 0 Å². The average Bonchev–Trinajstić information content (AvgIpc) is 2.52. The van der Waals surface area contributed by atoms with Crippen molar-refractivity contribution in [2.75, 3.05) is 14.2 Å². The van der Waals surface area contributed by atoms with Crippen LogP contribution in [-0.2, 0) is 11.2 Å². The Morgan fingerprint density at radius 1 is 1.19 bits per heavy atom. The first-order valence-corrected chi connectivity index (χ1v) is 8.61. The number of hydrogen-bond donors (Lipinski definition) is 1. The zero-order valence-corrected chi connectivity index (χ0v) is 13.5. The number of nitrogens with one attached hydrogen (secondary N) is 1. The Balaban J connectivity index is 1.64. The summed E-state index contributed by atoms with van der Waals surface area (Å²) >= 11 is 0. The molecule has 3 atom stereocenters. The Morgan fingerprint density at radius 3 is 2.62 bits per heavy atom. The lowest BCUT2D eigenvalue weighted by molar-refractivity contribution is 0.00573. The Morgan fingerprint density at radius 2 is 1.95 bits per heavy atom. The number of ether oxygens (including phenoxy) is 1. The fourth-order valence-electron chi connectivity index (χ4n) is 4.44. The number of benzene rings is 1. The van der Waals surface area contributed by atoms with Crippen molar-refractivity contribution in [1.82, 2.24) is 5.32 Å². The van der Waals surface area contributed by atoms with E-state index in [4.69, 9.17) is 4.74 Å². The van der Waals surface area contributed by atoms with Crippen LogP contribution in [0, 0.1) is 5.92 Å². The Labute approximate surface area is 129 Å². The Kier molecular flexibility index (Phi) is 4.97. The standard InChI is InChI=1S/C19H29NO/c1-20-18(19(21-2)14-8-4-3-5-9-14)13-16-12-15-10-6-7-11-17(15)16/h6-7,10-11,14,16,18-20H,3-5,8-9,12-13H2,1-2H3. The van der Waals surface area contributed by atoms with Gasteiger partial charge in [0.2, 0.25) is 0 Å². The lowest BCUT2D eigenvalue weighted by Gasteiger charge is -2.39. The fourth-order valence-corrected chi connectivity index (χ4v) is 4.44. The van der Waals surface area contributed by atoms with Gasteiger partial charge in [0.25, 0.3) is 0 Å². The highest BCUT2D eigenvalue weighted by molar-refractivity contribution is 5.40. The first-order valence-electron chi connectivity index (χ1n) is 8.61. The summed E-state index contributed by atoms with van der Waals surface area (Å²) in [7, 11) is 4.00. The van der Waals surface area contributed by atoms with Crippen molar-refractivity contribution < 1.29 is 4.74 Å². The smallest absolute Gasteiger partial charge is 0.0752 e. The molecule has 2 nitrogen and oxygen atoms in total. The van der Waals surface area contributed by atoms with Gasteiger partial charge in [-0.25, -0.2) is 0 Å². The summed E-state index contributed by atoms with van der Waals surface area (Å²) in [5, 5.41) is 3.56. The van der Waals surface area contributed by atoms with Crippen molar-refractivity contribution in [3.8, 4) is 0 Å². The molecule has 0 spiro atoms. The highest BCUT2D eigenvalue weighted by atomic mass is 16.5. The molecule has 2 aliphatic rings. The zero-order valence-electron chi connectivity index (χ0n) is 13.5. The minimum Gasteiger partial charge on any atom is -0.380 e. The largest absolute Gasteiger partial charge is 0.380 e. The van der Waals surface area contributed by atoms with Gasteiger partial charge in [0.05, 0.1) is 6.10 Å². The summed E-state index contributed by atoms with van der Waals surface area (Å²) in [6.07, 6.45) is 9.70. The summed E-state index contributed by atoms with van der Waals surface area (Å²) < 4.78 is 5.94. The van der Waals surface area contributed by atoms with Gasteiger partial charge in [0.15, 0.2) is 0 Å². The molecule has 0 radical (unpaired) electrons. The van der Waals surface area contributed by atoms with E-state index in [9.17, 15) is 0 Å². The van der Waals surface area contributed by atoms with Crippen LogP contribution >= 0.6 is 0 Å². The van der Waals surface area contributed by atoms with E-state index in [1.165, 1.54) is 44.9 Å². The summed E-state index contributed by atoms with van der Waals surface area (Å²) in [5.74, 6) is 1.47. The molecule has 0 amide bonds. The molecule has 2 heteroatoms. The maximum absolute atomic E-state index is 5.94. The van der Waals surface area contributed by atoms with Crippen molar-refractivity contribution in [3.63, 3.8) is 0 Å². The normalized spacial score (nSPS) is 25.0. The van der Waals surface area contributed by atoms with Gasteiger partial charge in [-0.15, -0.1) is 0 Å². The SMILES string of the molecule is CNC(CC1Cc2ccccc21)C(OC)C1CCCCC1. The molecule has 0 bridgehead atoms. The summed E-state index contributed by atoms with van der Waals surface area (Å²) in [6.45, 7) is 0. The van der Waals surface area contributed by atoms with Crippen LogP contribution in [-0.4, -0.2) is 26.3 Å². The van der Waals surface area contributed by atoms with Gasteiger partial charge in [0, 0.05) is 13.2 Å². The summed E-state index contributed by atoms with van der Waals surface area (Å²) in [6, 6.07) is 9.39. The third kappa shape index (κ3) is 3.17. The summed E-state index contributed by atoms with van der Waals surface area (Å²) in [5.41, 5.74) is 3.11. The van der Waals surface area contributed by atoms with Crippen LogP contribution in [0.2, 0.25) is 0 Å². The number of hydrogen-bond acceptors (Lipinski definition) is 2. The first kappa shape index (κ1) is 15.1. The Hall–Kier alpha value is -0.860. The molecule has 1 fully saturated rings. The first-order chi connectivity index (χ1) is 10.3. The van der Waals surface area contributed by atoms with E-state index < -0.39 is 0 Å². The lowest BCUT2D eigenvalue weighted by Crippen LogP contribution is -2.45. The highest BCUT2D eigenvalue weighted by Crippen LogP contribution is 2.40. The average molecular weight is 287 g/mol. The Bertz CT molecular complexity index is 453. The monoisotopic (exact) mass is 287 g/mol. The minimum absolute atomic E-state index is 0.378. The van der Waals surface area contributed by atoms with Gasteiger partial charge < -0.3 is 10.1 Å². The molecule has 21 heavy (non-hydrogen) atoms. The summed E-state index contributed by atoms with van der Waals surface area (Å²) in [4.78, 5) is 0. The number of fused-ring (bicyclic) bond motifs is 1. The predicted octanol–water partition coefficient (Wildman–Crippen LogP) is 3.90. The van der Waals surface area contributed by atoms with Gasteiger partial charge in [-0.05, 0) is 55.7 Å². The van der Waals surface area contributed by atoms with Crippen molar-refractivity contribution in [2.45, 2.75) is 63.0 Å². The molecular formula is C19H29NO. The van der Waals surface area contributed by atoms with E-state index in [-0.39, 0.29) is 0 Å². The second kappa shape index (κ2) is 6.93. The number of rotatable bonds is 6. The molecule has 1 saturated carbocycles. The highest BCUT2D eigenvalue weighted by Gasteiger charge is 2.34. The fraction of sp³-hybridized carbons (Fsp3) is 0.684. The van der Waals surface area contributed by atoms with Gasteiger partial charge in [-0.3, -0.25) is 0 Å². The van der Waals surface area contributed by atoms with Crippen LogP contribution < -0.4 is 5.32 Å². The lowest BCUT2D eigenvalue weighted by atomic mass is 9.72. The molecule has 1 aromatic carbocycles. The van der Waals surface area contributed by atoms with Crippen LogP contribution in [0.4, 0.5) is 0 Å². The maximum atomic E-state index is 5.94. The van der Waals surface area contributed by atoms with E-state index in [0.717, 1.165) is 11.8 Å². The molecule has 1 aromatic rings. The van der Waals surface area contributed by atoms with E-state index in [1.807, 2.05) is 7.11 Å². The molecule has 1 N–H and O–H groups in total. The third-order valence-corrected chi connectivity index (χ3v) is 5.65. The van der Waals surface area contributed by atoms with Crippen LogP contribution in [0.15, 0.2) is 24.3 Å². The van der Waals surface area contributed by atoms with E-state index in [2.05, 4.69) is 36.6 Å². The van der Waals surface area contributed by atoms with Crippen LogP contribution in [0.3, 0.4) is 0 Å². The molecule has 0 aliphatic heterocycles. The van der Waals surface area contributed by atoms with Gasteiger partial charge in [-0.2, -0.15) is 0 Å². The van der Waals surface area contributed by atoms with Crippen LogP contribution in [0.1, 0.15) is 55.6 Å². The zero-order chi connectivity index (χ0) is 14.7. The number of methoxy groups -OCH3 is 1. The topological polar surface area (TPSA) is 21.3 Å². The molecule has 3 unspecified atom stereocenters. The van der Waals surface area contributed by atoms with E-state index in [1.54, 1.807) is 11.1 Å². The van der Waals surface area contributed by atoms with Crippen molar-refractivity contribution in [3.05, 3.63) is 35.4 Å². The van der Waals surface area contributed by atoms with E-state index in [0.29, 0.717) is 12.1 Å². The quantitative estimate of drug-likeness (QED) is 0.857. The van der Waals surface area contributed by atoms with Gasteiger partial charge in [-0.1, -0.05) is 43.5 Å². The second-order valence-corrected chi connectivity index (χ2v) is 6.83. The third-order valence-electron chi connectivity index (χ3n) is 5.65. The second-order valence-electron chi connectivity index (χ2n) is 6.83. The minimum atomic E-state index is 0.378. The number of likely N-dealkylation sites (N-methyl/N-ethyl adjacent to an activating group) is 1. The molecule has 0 saturated heterocycles. The van der Waals surface area contributed by atoms with E-state index >= 15 is 0 Å². The van der Waals surface area contributed by atoms with Crippen LogP contribution in [0.5, 0.6) is 0 Å². The molecule has 3 rings (SSSR count). The van der Waals surface area contributed by atoms with Crippen molar-refractivity contribution in [1.29, 1.82) is 0 Å². The molecule has 0 heterocycles. The maximum Gasteiger partial charge on any atom is 0.0752 e. The molecule has 2 aliphatic carbocycles. The van der Waals surface area contributed by atoms with Crippen molar-refractivity contribution in [2.24, 2.45) is 5.92 Å².